The van der Waals surface area contributed by atoms with Gasteiger partial charge in [-0.05, 0) is 24.1 Å². The van der Waals surface area contributed by atoms with Gasteiger partial charge in [0.15, 0.2) is 0 Å². The van der Waals surface area contributed by atoms with Crippen molar-refractivity contribution in [2.24, 2.45) is 0 Å². The second-order valence-corrected chi connectivity index (χ2v) is 4.68. The van der Waals surface area contributed by atoms with Crippen molar-refractivity contribution in [3.05, 3.63) is 34.3 Å². The van der Waals surface area contributed by atoms with Crippen LogP contribution in [0.1, 0.15) is 17.9 Å². The Kier molecular flexibility index (Phi) is 5.02. The van der Waals surface area contributed by atoms with E-state index in [2.05, 4.69) is 31.9 Å². The molecule has 0 aliphatic heterocycles. The zero-order valence-corrected chi connectivity index (χ0v) is 10.6. The Hall–Kier alpha value is 0.0400. The summed E-state index contributed by atoms with van der Waals surface area (Å²) >= 11 is 6.46. The largest absolute Gasteiger partial charge is 0.245 e. The predicted molar refractivity (Wildman–Crippen MR) is 61.3 cm³/mol. The van der Waals surface area contributed by atoms with E-state index in [0.29, 0.717) is 17.3 Å². The molecule has 0 N–H and O–H groups in total. The summed E-state index contributed by atoms with van der Waals surface area (Å²) in [5, 5.41) is 0.595. The van der Waals surface area contributed by atoms with Crippen LogP contribution in [0.5, 0.6) is 0 Å². The molecule has 78 valence electrons. The van der Waals surface area contributed by atoms with Crippen molar-refractivity contribution >= 4 is 31.9 Å². The summed E-state index contributed by atoms with van der Waals surface area (Å²) in [4.78, 5) is 0. The SMILES string of the molecule is FC(F)C(CCBr)c1ccc(Br)cc1. The topological polar surface area (TPSA) is 0 Å². The van der Waals surface area contributed by atoms with Gasteiger partial charge in [-0.15, -0.1) is 0 Å². The van der Waals surface area contributed by atoms with Gasteiger partial charge in [-0.3, -0.25) is 0 Å². The fourth-order valence-electron chi connectivity index (χ4n) is 1.27. The van der Waals surface area contributed by atoms with Gasteiger partial charge in [0.2, 0.25) is 6.43 Å². The van der Waals surface area contributed by atoms with Crippen molar-refractivity contribution < 1.29 is 8.78 Å². The highest BCUT2D eigenvalue weighted by Gasteiger charge is 2.21. The normalized spacial score (nSPS) is 13.2. The van der Waals surface area contributed by atoms with E-state index in [1.165, 1.54) is 0 Å². The van der Waals surface area contributed by atoms with Crippen LogP contribution >= 0.6 is 31.9 Å². The van der Waals surface area contributed by atoms with Crippen LogP contribution < -0.4 is 0 Å². The maximum absolute atomic E-state index is 12.6. The standard InChI is InChI=1S/C10H10Br2F2/c11-6-5-9(10(13)14)7-1-3-8(12)4-2-7/h1-4,9-10H,5-6H2. The molecule has 4 heteroatoms. The smallest absolute Gasteiger partial charge is 0.210 e. The van der Waals surface area contributed by atoms with Crippen LogP contribution in [0.2, 0.25) is 0 Å². The van der Waals surface area contributed by atoms with Gasteiger partial charge in [-0.1, -0.05) is 44.0 Å². The Morgan fingerprint density at radius 3 is 2.14 bits per heavy atom. The minimum absolute atomic E-state index is 0.458. The Bertz CT molecular complexity index is 272. The molecule has 0 aliphatic carbocycles. The summed E-state index contributed by atoms with van der Waals surface area (Å²) < 4.78 is 26.2. The molecule has 1 aromatic carbocycles. The highest BCUT2D eigenvalue weighted by molar-refractivity contribution is 9.10. The van der Waals surface area contributed by atoms with E-state index in [1.807, 2.05) is 0 Å². The van der Waals surface area contributed by atoms with Crippen molar-refractivity contribution in [2.45, 2.75) is 18.8 Å². The fourth-order valence-corrected chi connectivity index (χ4v) is 2.02. The highest BCUT2D eigenvalue weighted by atomic mass is 79.9. The number of rotatable bonds is 4. The maximum Gasteiger partial charge on any atom is 0.245 e. The molecule has 0 heterocycles. The van der Waals surface area contributed by atoms with E-state index in [-0.39, 0.29) is 0 Å². The van der Waals surface area contributed by atoms with Gasteiger partial charge in [-0.25, -0.2) is 8.78 Å². The molecule has 1 unspecified atom stereocenters. The fraction of sp³-hybridized carbons (Fsp3) is 0.400. The number of benzene rings is 1. The van der Waals surface area contributed by atoms with Crippen LogP contribution in [0.4, 0.5) is 8.78 Å². The zero-order valence-electron chi connectivity index (χ0n) is 7.39. The minimum Gasteiger partial charge on any atom is -0.210 e. The zero-order chi connectivity index (χ0) is 10.6. The number of alkyl halides is 3. The molecule has 0 nitrogen and oxygen atoms in total. The molecule has 0 radical (unpaired) electrons. The van der Waals surface area contributed by atoms with Gasteiger partial charge >= 0.3 is 0 Å². The lowest BCUT2D eigenvalue weighted by atomic mass is 9.97. The lowest BCUT2D eigenvalue weighted by molar-refractivity contribution is 0.112. The molecule has 1 aromatic rings. The predicted octanol–water partition coefficient (Wildman–Crippen LogP) is 4.58. The Balaban J connectivity index is 2.82. The molecule has 1 rings (SSSR count). The first-order chi connectivity index (χ1) is 6.65. The van der Waals surface area contributed by atoms with E-state index in [4.69, 9.17) is 0 Å². The molecule has 0 aromatic heterocycles. The van der Waals surface area contributed by atoms with Crippen LogP contribution in [0, 0.1) is 0 Å². The summed E-state index contributed by atoms with van der Waals surface area (Å²) in [6.45, 7) is 0. The Labute approximate surface area is 99.0 Å². The monoisotopic (exact) mass is 326 g/mol. The van der Waals surface area contributed by atoms with Crippen LogP contribution in [-0.4, -0.2) is 11.8 Å². The molecule has 1 atom stereocenters. The summed E-state index contributed by atoms with van der Waals surface area (Å²) in [5.41, 5.74) is 0.697. The van der Waals surface area contributed by atoms with Gasteiger partial charge in [0.05, 0.1) is 0 Å². The summed E-state index contributed by atoms with van der Waals surface area (Å²) in [6, 6.07) is 7.06. The van der Waals surface area contributed by atoms with E-state index >= 15 is 0 Å². The average molecular weight is 328 g/mol. The van der Waals surface area contributed by atoms with Gasteiger partial charge in [0.25, 0.3) is 0 Å². The van der Waals surface area contributed by atoms with Crippen molar-refractivity contribution in [2.75, 3.05) is 5.33 Å². The Morgan fingerprint density at radius 2 is 1.71 bits per heavy atom. The van der Waals surface area contributed by atoms with Gasteiger partial charge in [0.1, 0.15) is 0 Å². The van der Waals surface area contributed by atoms with Gasteiger partial charge in [0, 0.05) is 15.7 Å². The van der Waals surface area contributed by atoms with Crippen molar-refractivity contribution in [1.29, 1.82) is 0 Å². The summed E-state index contributed by atoms with van der Waals surface area (Å²) in [7, 11) is 0. The lowest BCUT2D eigenvalue weighted by Crippen LogP contribution is -2.09. The number of hydrogen-bond acceptors (Lipinski definition) is 0. The quantitative estimate of drug-likeness (QED) is 0.710. The average Bonchev–Trinajstić information content (AvgIpc) is 2.15. The second kappa shape index (κ2) is 5.81. The molecule has 0 saturated heterocycles. The van der Waals surface area contributed by atoms with Crippen LogP contribution in [-0.2, 0) is 0 Å². The van der Waals surface area contributed by atoms with Crippen molar-refractivity contribution in [3.63, 3.8) is 0 Å². The lowest BCUT2D eigenvalue weighted by Gasteiger charge is -2.14. The number of hydrogen-bond donors (Lipinski definition) is 0. The van der Waals surface area contributed by atoms with Crippen molar-refractivity contribution in [1.82, 2.24) is 0 Å². The minimum atomic E-state index is -2.30. The molecule has 0 amide bonds. The molecular formula is C10H10Br2F2. The van der Waals surface area contributed by atoms with E-state index in [9.17, 15) is 8.78 Å². The highest BCUT2D eigenvalue weighted by Crippen LogP contribution is 2.28. The molecule has 0 bridgehead atoms. The molecule has 0 saturated carbocycles. The van der Waals surface area contributed by atoms with Gasteiger partial charge in [-0.2, -0.15) is 0 Å². The van der Waals surface area contributed by atoms with E-state index in [0.717, 1.165) is 4.47 Å². The second-order valence-electron chi connectivity index (χ2n) is 2.97. The van der Waals surface area contributed by atoms with Crippen LogP contribution in [0.3, 0.4) is 0 Å². The molecule has 0 spiro atoms. The molecule has 14 heavy (non-hydrogen) atoms. The third-order valence-corrected chi connectivity index (χ3v) is 3.01. The molecule has 0 fully saturated rings. The number of halogens is 4. The van der Waals surface area contributed by atoms with E-state index in [1.54, 1.807) is 24.3 Å². The first kappa shape index (κ1) is 12.1. The van der Waals surface area contributed by atoms with Crippen LogP contribution in [0.15, 0.2) is 28.7 Å². The third kappa shape index (κ3) is 3.31. The van der Waals surface area contributed by atoms with Crippen molar-refractivity contribution in [3.8, 4) is 0 Å². The van der Waals surface area contributed by atoms with E-state index < -0.39 is 12.3 Å². The first-order valence-electron chi connectivity index (χ1n) is 4.24. The van der Waals surface area contributed by atoms with Crippen LogP contribution in [0.25, 0.3) is 0 Å². The summed E-state index contributed by atoms with van der Waals surface area (Å²) in [5.74, 6) is -0.664. The summed E-state index contributed by atoms with van der Waals surface area (Å²) in [6.07, 6.45) is -1.84. The Morgan fingerprint density at radius 1 is 1.14 bits per heavy atom. The molecule has 0 aliphatic rings. The first-order valence-corrected chi connectivity index (χ1v) is 6.16. The van der Waals surface area contributed by atoms with Gasteiger partial charge < -0.3 is 0 Å². The molecular weight excluding hydrogens is 318 g/mol. The maximum atomic E-state index is 12.6. The third-order valence-electron chi connectivity index (χ3n) is 2.02.